The summed E-state index contributed by atoms with van der Waals surface area (Å²) in [5.41, 5.74) is 2.51. The third-order valence-corrected chi connectivity index (χ3v) is 3.51. The van der Waals surface area contributed by atoms with Crippen LogP contribution in [0.2, 0.25) is 0 Å². The van der Waals surface area contributed by atoms with Crippen LogP contribution in [0, 0.1) is 6.92 Å². The number of carbonyl (C=O) groups excluding carboxylic acids is 1. The van der Waals surface area contributed by atoms with E-state index < -0.39 is 0 Å². The molecule has 0 atom stereocenters. The molecule has 0 unspecified atom stereocenters. The number of hydrogen-bond acceptors (Lipinski definition) is 4. The number of esters is 1. The van der Waals surface area contributed by atoms with E-state index in [4.69, 9.17) is 17.0 Å². The molecule has 6 nitrogen and oxygen atoms in total. The Hall–Kier alpha value is -2.41. The van der Waals surface area contributed by atoms with Gasteiger partial charge in [0, 0.05) is 25.0 Å². The quantitative estimate of drug-likeness (QED) is 0.456. The first-order valence-corrected chi connectivity index (χ1v) is 8.30. The highest BCUT2D eigenvalue weighted by Gasteiger charge is 2.06. The van der Waals surface area contributed by atoms with E-state index in [2.05, 4.69) is 15.7 Å². The highest BCUT2D eigenvalue weighted by atomic mass is 32.1. The number of aromatic nitrogens is 2. The summed E-state index contributed by atoms with van der Waals surface area (Å²) >= 11 is 5.26. The predicted molar refractivity (Wildman–Crippen MR) is 98.2 cm³/mol. The number of anilines is 1. The van der Waals surface area contributed by atoms with Gasteiger partial charge in [-0.1, -0.05) is 0 Å². The number of nitrogens with one attached hydrogen (secondary N) is 2. The van der Waals surface area contributed by atoms with Crippen molar-refractivity contribution in [1.82, 2.24) is 15.1 Å². The Labute approximate surface area is 147 Å². The summed E-state index contributed by atoms with van der Waals surface area (Å²) in [7, 11) is 0. The van der Waals surface area contributed by atoms with Crippen LogP contribution in [0.3, 0.4) is 0 Å². The molecule has 0 saturated carbocycles. The molecule has 0 aliphatic rings. The van der Waals surface area contributed by atoms with E-state index >= 15 is 0 Å². The Kier molecular flexibility index (Phi) is 6.74. The third kappa shape index (κ3) is 5.66. The van der Waals surface area contributed by atoms with Crippen molar-refractivity contribution in [2.24, 2.45) is 0 Å². The molecule has 0 aliphatic carbocycles. The van der Waals surface area contributed by atoms with Crippen LogP contribution in [-0.4, -0.2) is 34.0 Å². The Morgan fingerprint density at radius 3 is 2.71 bits per heavy atom. The second-order valence-corrected chi connectivity index (χ2v) is 5.72. The zero-order valence-electron chi connectivity index (χ0n) is 13.9. The van der Waals surface area contributed by atoms with Gasteiger partial charge in [0.1, 0.15) is 0 Å². The lowest BCUT2D eigenvalue weighted by Crippen LogP contribution is -2.29. The number of ether oxygens (including phenoxy) is 1. The van der Waals surface area contributed by atoms with Crippen molar-refractivity contribution in [2.45, 2.75) is 26.8 Å². The van der Waals surface area contributed by atoms with Crippen LogP contribution in [0.25, 0.3) is 0 Å². The molecule has 1 aromatic heterocycles. The number of nitrogens with zero attached hydrogens (tertiary/aromatic N) is 2. The lowest BCUT2D eigenvalue weighted by Gasteiger charge is -2.11. The summed E-state index contributed by atoms with van der Waals surface area (Å²) in [6.07, 6.45) is 4.78. The minimum absolute atomic E-state index is 0.321. The molecule has 128 valence electrons. The van der Waals surface area contributed by atoms with Gasteiger partial charge in [-0.3, -0.25) is 4.68 Å². The SMILES string of the molecule is CCOC(=O)c1ccc(NC(=S)NCCCn2cc(C)cn2)cc1. The van der Waals surface area contributed by atoms with Crippen molar-refractivity contribution in [3.8, 4) is 0 Å². The molecule has 0 amide bonds. The van der Waals surface area contributed by atoms with Crippen LogP contribution in [0.1, 0.15) is 29.3 Å². The van der Waals surface area contributed by atoms with Gasteiger partial charge >= 0.3 is 5.97 Å². The van der Waals surface area contributed by atoms with Crippen LogP contribution in [0.5, 0.6) is 0 Å². The number of rotatable bonds is 7. The van der Waals surface area contributed by atoms with Gasteiger partial charge in [-0.05, 0) is 62.3 Å². The van der Waals surface area contributed by atoms with E-state index in [0.717, 1.165) is 30.8 Å². The van der Waals surface area contributed by atoms with Crippen LogP contribution < -0.4 is 10.6 Å². The lowest BCUT2D eigenvalue weighted by molar-refractivity contribution is 0.0526. The van der Waals surface area contributed by atoms with Crippen molar-refractivity contribution in [3.05, 3.63) is 47.8 Å². The highest BCUT2D eigenvalue weighted by molar-refractivity contribution is 7.80. The molecule has 0 saturated heterocycles. The molecule has 0 radical (unpaired) electrons. The van der Waals surface area contributed by atoms with Gasteiger partial charge in [-0.15, -0.1) is 0 Å². The van der Waals surface area contributed by atoms with Crippen molar-refractivity contribution in [1.29, 1.82) is 0 Å². The molecule has 0 aliphatic heterocycles. The van der Waals surface area contributed by atoms with Crippen LogP contribution >= 0.6 is 12.2 Å². The fraction of sp³-hybridized carbons (Fsp3) is 0.353. The maximum atomic E-state index is 11.6. The average molecular weight is 346 g/mol. The summed E-state index contributed by atoms with van der Waals surface area (Å²) in [5, 5.41) is 11.0. The van der Waals surface area contributed by atoms with Gasteiger partial charge in [0.2, 0.25) is 0 Å². The van der Waals surface area contributed by atoms with Crippen LogP contribution in [0.4, 0.5) is 5.69 Å². The zero-order valence-corrected chi connectivity index (χ0v) is 14.7. The normalized spacial score (nSPS) is 10.2. The van der Waals surface area contributed by atoms with Crippen molar-refractivity contribution < 1.29 is 9.53 Å². The first-order valence-electron chi connectivity index (χ1n) is 7.89. The number of benzene rings is 1. The minimum Gasteiger partial charge on any atom is -0.462 e. The number of carbonyl (C=O) groups is 1. The summed E-state index contributed by atoms with van der Waals surface area (Å²) in [5.74, 6) is -0.321. The Morgan fingerprint density at radius 1 is 1.33 bits per heavy atom. The summed E-state index contributed by atoms with van der Waals surface area (Å²) in [6, 6.07) is 7.02. The Morgan fingerprint density at radius 2 is 2.08 bits per heavy atom. The Balaban J connectivity index is 1.71. The third-order valence-electron chi connectivity index (χ3n) is 3.27. The van der Waals surface area contributed by atoms with Crippen molar-refractivity contribution in [2.75, 3.05) is 18.5 Å². The van der Waals surface area contributed by atoms with Gasteiger partial charge in [0.25, 0.3) is 0 Å². The molecule has 2 rings (SSSR count). The fourth-order valence-electron chi connectivity index (χ4n) is 2.11. The van der Waals surface area contributed by atoms with E-state index in [1.54, 1.807) is 31.2 Å². The fourth-order valence-corrected chi connectivity index (χ4v) is 2.33. The van der Waals surface area contributed by atoms with Crippen molar-refractivity contribution >= 4 is 29.0 Å². The molecule has 7 heteroatoms. The van der Waals surface area contributed by atoms with E-state index in [1.165, 1.54) is 0 Å². The molecular formula is C17H22N4O2S. The second kappa shape index (κ2) is 9.02. The molecular weight excluding hydrogens is 324 g/mol. The maximum Gasteiger partial charge on any atom is 0.338 e. The molecule has 0 fully saturated rings. The summed E-state index contributed by atoms with van der Waals surface area (Å²) < 4.78 is 6.87. The van der Waals surface area contributed by atoms with Gasteiger partial charge in [-0.2, -0.15) is 5.10 Å². The predicted octanol–water partition coefficient (Wildman–Crippen LogP) is 2.74. The standard InChI is InChI=1S/C17H22N4O2S/c1-3-23-16(22)14-5-7-15(8-6-14)20-17(24)18-9-4-10-21-12-13(2)11-19-21/h5-8,11-12H,3-4,9-10H2,1-2H3,(H2,18,20,24). The van der Waals surface area contributed by atoms with E-state index in [9.17, 15) is 4.79 Å². The topological polar surface area (TPSA) is 68.2 Å². The molecule has 2 aromatic rings. The smallest absolute Gasteiger partial charge is 0.338 e. The second-order valence-electron chi connectivity index (χ2n) is 5.31. The first kappa shape index (κ1) is 17.9. The largest absolute Gasteiger partial charge is 0.462 e. The number of thiocarbonyl (C=S) groups is 1. The van der Waals surface area contributed by atoms with Crippen molar-refractivity contribution in [3.63, 3.8) is 0 Å². The molecule has 0 bridgehead atoms. The highest BCUT2D eigenvalue weighted by Crippen LogP contribution is 2.10. The monoisotopic (exact) mass is 346 g/mol. The summed E-state index contributed by atoms with van der Waals surface area (Å²) in [6.45, 7) is 5.77. The van der Waals surface area contributed by atoms with E-state index in [-0.39, 0.29) is 5.97 Å². The lowest BCUT2D eigenvalue weighted by atomic mass is 10.2. The maximum absolute atomic E-state index is 11.6. The number of aryl methyl sites for hydroxylation is 2. The zero-order chi connectivity index (χ0) is 17.4. The summed E-state index contributed by atoms with van der Waals surface area (Å²) in [4.78, 5) is 11.6. The first-order chi connectivity index (χ1) is 11.6. The average Bonchev–Trinajstić information content (AvgIpc) is 2.98. The minimum atomic E-state index is -0.321. The molecule has 0 spiro atoms. The van der Waals surface area contributed by atoms with Gasteiger partial charge in [0.05, 0.1) is 18.4 Å². The van der Waals surface area contributed by atoms with Gasteiger partial charge in [0.15, 0.2) is 5.11 Å². The van der Waals surface area contributed by atoms with Crippen LogP contribution in [0.15, 0.2) is 36.7 Å². The van der Waals surface area contributed by atoms with Crippen LogP contribution in [-0.2, 0) is 11.3 Å². The molecule has 2 N–H and O–H groups in total. The van der Waals surface area contributed by atoms with E-state index in [1.807, 2.05) is 24.0 Å². The number of hydrogen-bond donors (Lipinski definition) is 2. The molecule has 1 aromatic carbocycles. The molecule has 24 heavy (non-hydrogen) atoms. The van der Waals surface area contributed by atoms with Gasteiger partial charge in [-0.25, -0.2) is 4.79 Å². The molecule has 1 heterocycles. The van der Waals surface area contributed by atoms with Gasteiger partial charge < -0.3 is 15.4 Å². The Bertz CT molecular complexity index is 682. The van der Waals surface area contributed by atoms with E-state index in [0.29, 0.717) is 17.3 Å².